The van der Waals surface area contributed by atoms with E-state index in [1.165, 1.54) is 0 Å². The number of nitrogens with zero attached hydrogens (tertiary/aromatic N) is 2. The Balaban J connectivity index is 2.02. The molecule has 1 aromatic carbocycles. The molecule has 24 heavy (non-hydrogen) atoms. The van der Waals surface area contributed by atoms with E-state index in [4.69, 9.17) is 0 Å². The summed E-state index contributed by atoms with van der Waals surface area (Å²) in [7, 11) is 0. The molecule has 0 aromatic heterocycles. The summed E-state index contributed by atoms with van der Waals surface area (Å²) in [6.45, 7) is 4.57. The topological polar surface area (TPSA) is 86.8 Å². The summed E-state index contributed by atoms with van der Waals surface area (Å²) in [5.41, 5.74) is 0.880. The maximum Gasteiger partial charge on any atom is 0.334 e. The lowest BCUT2D eigenvalue weighted by Crippen LogP contribution is -2.43. The third kappa shape index (κ3) is 3.64. The van der Waals surface area contributed by atoms with Crippen LogP contribution in [-0.4, -0.2) is 46.1 Å². The summed E-state index contributed by atoms with van der Waals surface area (Å²) >= 11 is 3.33. The number of carbonyl (C=O) groups excluding carboxylic acids is 4. The van der Waals surface area contributed by atoms with Crippen molar-refractivity contribution >= 4 is 39.7 Å². The van der Waals surface area contributed by atoms with Crippen LogP contribution in [0.5, 0.6) is 0 Å². The maximum atomic E-state index is 12.1. The number of imide groups is 2. The van der Waals surface area contributed by atoms with Gasteiger partial charge < -0.3 is 5.32 Å². The molecule has 2 rings (SSSR count). The third-order valence-electron chi connectivity index (χ3n) is 3.65. The highest BCUT2D eigenvalue weighted by molar-refractivity contribution is 9.10. The number of nitrogens with one attached hydrogen (secondary N) is 1. The van der Waals surface area contributed by atoms with Crippen LogP contribution >= 0.6 is 15.9 Å². The second-order valence-electron chi connectivity index (χ2n) is 5.78. The molecule has 128 valence electrons. The van der Waals surface area contributed by atoms with Crippen LogP contribution in [0.25, 0.3) is 0 Å². The van der Waals surface area contributed by atoms with Gasteiger partial charge in [-0.2, -0.15) is 0 Å². The minimum Gasteiger partial charge on any atom is -0.348 e. The van der Waals surface area contributed by atoms with Crippen molar-refractivity contribution in [2.24, 2.45) is 0 Å². The van der Waals surface area contributed by atoms with E-state index >= 15 is 0 Å². The summed E-state index contributed by atoms with van der Waals surface area (Å²) in [4.78, 5) is 49.5. The van der Waals surface area contributed by atoms with Gasteiger partial charge in [0.05, 0.1) is 6.04 Å². The van der Waals surface area contributed by atoms with Gasteiger partial charge in [0, 0.05) is 10.5 Å². The third-order valence-corrected chi connectivity index (χ3v) is 4.18. The fraction of sp³-hybridized carbons (Fsp3) is 0.375. The molecule has 0 aliphatic carbocycles. The zero-order valence-corrected chi connectivity index (χ0v) is 15.2. The minimum absolute atomic E-state index is 0.296. The van der Waals surface area contributed by atoms with Crippen molar-refractivity contribution in [2.45, 2.75) is 32.9 Å². The van der Waals surface area contributed by atoms with Gasteiger partial charge in [-0.1, -0.05) is 28.1 Å². The highest BCUT2D eigenvalue weighted by Gasteiger charge is 2.46. The number of rotatable bonds is 5. The molecule has 1 aliphatic heterocycles. The van der Waals surface area contributed by atoms with Crippen molar-refractivity contribution < 1.29 is 19.2 Å². The van der Waals surface area contributed by atoms with Crippen LogP contribution in [0.2, 0.25) is 0 Å². The summed E-state index contributed by atoms with van der Waals surface area (Å²) < 4.78 is 0.922. The van der Waals surface area contributed by atoms with Crippen molar-refractivity contribution in [1.82, 2.24) is 15.1 Å². The molecule has 1 saturated heterocycles. The van der Waals surface area contributed by atoms with E-state index in [1.54, 1.807) is 20.8 Å². The molecule has 1 aliphatic rings. The number of benzene rings is 1. The first-order chi connectivity index (χ1) is 11.2. The molecule has 1 atom stereocenters. The van der Waals surface area contributed by atoms with Crippen LogP contribution in [0.4, 0.5) is 4.79 Å². The van der Waals surface area contributed by atoms with Gasteiger partial charge in [-0.15, -0.1) is 0 Å². The standard InChI is InChI=1S/C16H18BrN3O4/c1-9(2)20-15(23)14(22)19(16(20)24)8-13(21)18-10(3)11-4-6-12(17)7-5-11/h4-7,9-10H,8H2,1-3H3,(H,18,21). The number of amides is 5. The normalized spacial score (nSPS) is 16.1. The van der Waals surface area contributed by atoms with Gasteiger partial charge in [0.1, 0.15) is 6.54 Å². The summed E-state index contributed by atoms with van der Waals surface area (Å²) in [5, 5.41) is 2.71. The Labute approximate surface area is 148 Å². The predicted octanol–water partition coefficient (Wildman–Crippen LogP) is 1.83. The predicted molar refractivity (Wildman–Crippen MR) is 89.8 cm³/mol. The average molecular weight is 396 g/mol. The van der Waals surface area contributed by atoms with Gasteiger partial charge in [0.15, 0.2) is 0 Å². The first-order valence-corrected chi connectivity index (χ1v) is 8.25. The number of hydrogen-bond donors (Lipinski definition) is 1. The van der Waals surface area contributed by atoms with Gasteiger partial charge in [-0.05, 0) is 38.5 Å². The molecule has 8 heteroatoms. The van der Waals surface area contributed by atoms with Crippen molar-refractivity contribution in [2.75, 3.05) is 6.54 Å². The molecule has 0 saturated carbocycles. The van der Waals surface area contributed by atoms with Crippen molar-refractivity contribution in [3.63, 3.8) is 0 Å². The number of urea groups is 1. The fourth-order valence-electron chi connectivity index (χ4n) is 2.38. The van der Waals surface area contributed by atoms with Gasteiger partial charge in [0.2, 0.25) is 5.91 Å². The molecule has 1 fully saturated rings. The highest BCUT2D eigenvalue weighted by Crippen LogP contribution is 2.17. The molecular weight excluding hydrogens is 378 g/mol. The van der Waals surface area contributed by atoms with Crippen LogP contribution in [0.15, 0.2) is 28.7 Å². The lowest BCUT2D eigenvalue weighted by atomic mass is 10.1. The zero-order valence-electron chi connectivity index (χ0n) is 13.6. The second kappa shape index (κ2) is 7.12. The largest absolute Gasteiger partial charge is 0.348 e. The molecule has 1 aromatic rings. The van der Waals surface area contributed by atoms with Crippen molar-refractivity contribution in [3.05, 3.63) is 34.3 Å². The van der Waals surface area contributed by atoms with Crippen LogP contribution in [0.1, 0.15) is 32.4 Å². The fourth-order valence-corrected chi connectivity index (χ4v) is 2.65. The van der Waals surface area contributed by atoms with Crippen molar-refractivity contribution in [3.8, 4) is 0 Å². The summed E-state index contributed by atoms with van der Waals surface area (Å²) in [5.74, 6) is -2.38. The molecule has 1 unspecified atom stereocenters. The van der Waals surface area contributed by atoms with Gasteiger partial charge in [-0.3, -0.25) is 19.3 Å². The lowest BCUT2D eigenvalue weighted by Gasteiger charge is -2.19. The molecule has 0 radical (unpaired) electrons. The number of carbonyl (C=O) groups is 4. The average Bonchev–Trinajstić information content (AvgIpc) is 2.71. The van der Waals surface area contributed by atoms with Crippen LogP contribution in [-0.2, 0) is 14.4 Å². The van der Waals surface area contributed by atoms with E-state index in [2.05, 4.69) is 21.2 Å². The summed E-state index contributed by atoms with van der Waals surface area (Å²) in [6.07, 6.45) is 0. The van der Waals surface area contributed by atoms with E-state index in [0.29, 0.717) is 4.90 Å². The smallest absolute Gasteiger partial charge is 0.334 e. The molecule has 1 N–H and O–H groups in total. The van der Waals surface area contributed by atoms with E-state index in [-0.39, 0.29) is 6.04 Å². The van der Waals surface area contributed by atoms with Gasteiger partial charge in [-0.25, -0.2) is 9.69 Å². The van der Waals surface area contributed by atoms with E-state index in [0.717, 1.165) is 14.9 Å². The molecule has 5 amide bonds. The highest BCUT2D eigenvalue weighted by atomic mass is 79.9. The van der Waals surface area contributed by atoms with E-state index < -0.39 is 36.3 Å². The SMILES string of the molecule is CC(NC(=O)CN1C(=O)C(=O)N(C(C)C)C1=O)c1ccc(Br)cc1. The summed E-state index contributed by atoms with van der Waals surface area (Å²) in [6, 6.07) is 5.91. The van der Waals surface area contributed by atoms with Gasteiger partial charge in [0.25, 0.3) is 0 Å². The maximum absolute atomic E-state index is 12.1. The molecular formula is C16H18BrN3O4. The Kier molecular flexibility index (Phi) is 5.38. The zero-order chi connectivity index (χ0) is 18.0. The Morgan fingerprint density at radius 3 is 2.17 bits per heavy atom. The Morgan fingerprint density at radius 2 is 1.67 bits per heavy atom. The van der Waals surface area contributed by atoms with E-state index in [1.807, 2.05) is 24.3 Å². The monoisotopic (exact) mass is 395 g/mol. The number of halogens is 1. The van der Waals surface area contributed by atoms with Crippen LogP contribution in [0.3, 0.4) is 0 Å². The van der Waals surface area contributed by atoms with Crippen LogP contribution < -0.4 is 5.32 Å². The first kappa shape index (κ1) is 18.1. The Morgan fingerprint density at radius 1 is 1.08 bits per heavy atom. The minimum atomic E-state index is -0.972. The number of hydrogen-bond acceptors (Lipinski definition) is 4. The first-order valence-electron chi connectivity index (χ1n) is 7.46. The lowest BCUT2D eigenvalue weighted by molar-refractivity contribution is -0.144. The van der Waals surface area contributed by atoms with Crippen LogP contribution in [0, 0.1) is 0 Å². The van der Waals surface area contributed by atoms with Crippen molar-refractivity contribution in [1.29, 1.82) is 0 Å². The van der Waals surface area contributed by atoms with Gasteiger partial charge >= 0.3 is 17.8 Å². The van der Waals surface area contributed by atoms with E-state index in [9.17, 15) is 19.2 Å². The Hall–Kier alpha value is -2.22. The second-order valence-corrected chi connectivity index (χ2v) is 6.70. The molecule has 1 heterocycles. The Bertz CT molecular complexity index is 687. The molecule has 0 bridgehead atoms. The molecule has 7 nitrogen and oxygen atoms in total. The quantitative estimate of drug-likeness (QED) is 0.608. The molecule has 0 spiro atoms.